The minimum atomic E-state index is -0.265. The maximum Gasteiger partial charge on any atom is 0.262 e. The average molecular weight is 442 g/mol. The molecule has 7 nitrogen and oxygen atoms in total. The molecule has 0 radical (unpaired) electrons. The highest BCUT2D eigenvalue weighted by atomic mass is 32.1. The van der Waals surface area contributed by atoms with E-state index in [9.17, 15) is 9.59 Å². The minimum Gasteiger partial charge on any atom is -0.497 e. The van der Waals surface area contributed by atoms with Gasteiger partial charge in [0.1, 0.15) is 16.3 Å². The molecule has 3 aromatic rings. The van der Waals surface area contributed by atoms with Crippen LogP contribution in [0, 0.1) is 0 Å². The number of fused-ring (bicyclic) bond motifs is 3. The Morgan fingerprint density at radius 3 is 2.84 bits per heavy atom. The van der Waals surface area contributed by atoms with Gasteiger partial charge in [0, 0.05) is 23.4 Å². The molecule has 8 heteroatoms. The highest BCUT2D eigenvalue weighted by Crippen LogP contribution is 2.33. The van der Waals surface area contributed by atoms with Gasteiger partial charge in [-0.3, -0.25) is 14.2 Å². The van der Waals surface area contributed by atoms with Crippen LogP contribution in [0.25, 0.3) is 10.2 Å². The van der Waals surface area contributed by atoms with Crippen molar-refractivity contribution in [3.05, 3.63) is 50.9 Å². The molecule has 1 N–H and O–H groups in total. The lowest BCUT2D eigenvalue weighted by molar-refractivity contribution is -0.122. The molecule has 0 aliphatic heterocycles. The summed E-state index contributed by atoms with van der Waals surface area (Å²) in [5, 5.41) is 3.73. The predicted octanol–water partition coefficient (Wildman–Crippen LogP) is 3.62. The summed E-state index contributed by atoms with van der Waals surface area (Å²) in [4.78, 5) is 32.2. The summed E-state index contributed by atoms with van der Waals surface area (Å²) in [5.74, 6) is 1.24. The number of ether oxygens (including phenoxy) is 2. The van der Waals surface area contributed by atoms with Crippen LogP contribution >= 0.6 is 11.3 Å². The summed E-state index contributed by atoms with van der Waals surface area (Å²) in [5.41, 5.74) is 1.96. The van der Waals surface area contributed by atoms with E-state index in [0.29, 0.717) is 18.0 Å². The van der Waals surface area contributed by atoms with E-state index < -0.39 is 0 Å². The van der Waals surface area contributed by atoms with E-state index in [1.165, 1.54) is 16.9 Å². The Morgan fingerprint density at radius 2 is 2.06 bits per heavy atom. The van der Waals surface area contributed by atoms with Crippen LogP contribution in [0.4, 0.5) is 0 Å². The fourth-order valence-corrected chi connectivity index (χ4v) is 5.35. The van der Waals surface area contributed by atoms with Crippen LogP contribution in [0.1, 0.15) is 48.2 Å². The lowest BCUT2D eigenvalue weighted by Crippen LogP contribution is -2.29. The number of hydrogen-bond donors (Lipinski definition) is 1. The lowest BCUT2D eigenvalue weighted by atomic mass is 9.97. The number of amides is 1. The van der Waals surface area contributed by atoms with Gasteiger partial charge in [0.15, 0.2) is 0 Å². The van der Waals surface area contributed by atoms with Gasteiger partial charge in [0.25, 0.3) is 5.56 Å². The lowest BCUT2D eigenvalue weighted by Gasteiger charge is -2.18. The molecule has 0 bridgehead atoms. The second kappa shape index (κ2) is 9.09. The van der Waals surface area contributed by atoms with Gasteiger partial charge in [0.05, 0.1) is 32.0 Å². The standard InChI is InChI=1S/C23H27N3O4S/c1-14(17-12-15(29-2)8-9-18(17)30-3)25-20(27)10-11-26-13-24-22-21(23(26)28)16-6-4-5-7-19(16)31-22/h8-9,12-14H,4-7,10-11H2,1-3H3,(H,25,27)/t14-/m0/s1. The summed E-state index contributed by atoms with van der Waals surface area (Å²) in [6.45, 7) is 2.19. The van der Waals surface area contributed by atoms with Crippen molar-refractivity contribution in [3.63, 3.8) is 0 Å². The molecule has 1 aromatic carbocycles. The van der Waals surface area contributed by atoms with Gasteiger partial charge >= 0.3 is 0 Å². The molecular formula is C23H27N3O4S. The quantitative estimate of drug-likeness (QED) is 0.606. The van der Waals surface area contributed by atoms with Crippen molar-refractivity contribution in [2.75, 3.05) is 14.2 Å². The van der Waals surface area contributed by atoms with Crippen LogP contribution < -0.4 is 20.3 Å². The molecule has 2 heterocycles. The van der Waals surface area contributed by atoms with Crippen molar-refractivity contribution >= 4 is 27.5 Å². The van der Waals surface area contributed by atoms with E-state index in [2.05, 4.69) is 10.3 Å². The fourth-order valence-electron chi connectivity index (χ4n) is 4.13. The highest BCUT2D eigenvalue weighted by Gasteiger charge is 2.20. The number of carbonyl (C=O) groups excluding carboxylic acids is 1. The molecule has 31 heavy (non-hydrogen) atoms. The van der Waals surface area contributed by atoms with E-state index in [1.54, 1.807) is 36.5 Å². The average Bonchev–Trinajstić information content (AvgIpc) is 3.17. The van der Waals surface area contributed by atoms with Gasteiger partial charge in [-0.15, -0.1) is 11.3 Å². The summed E-state index contributed by atoms with van der Waals surface area (Å²) in [6.07, 6.45) is 6.01. The number of nitrogens with zero attached hydrogens (tertiary/aromatic N) is 2. The summed E-state index contributed by atoms with van der Waals surface area (Å²) >= 11 is 1.63. The van der Waals surface area contributed by atoms with Crippen LogP contribution in [0.15, 0.2) is 29.3 Å². The van der Waals surface area contributed by atoms with Crippen LogP contribution in [0.2, 0.25) is 0 Å². The molecule has 1 atom stereocenters. The Hall–Kier alpha value is -2.87. The number of benzene rings is 1. The van der Waals surface area contributed by atoms with Crippen molar-refractivity contribution in [1.29, 1.82) is 0 Å². The zero-order valence-corrected chi connectivity index (χ0v) is 18.9. The highest BCUT2D eigenvalue weighted by molar-refractivity contribution is 7.18. The largest absolute Gasteiger partial charge is 0.497 e. The molecule has 4 rings (SSSR count). The first kappa shape index (κ1) is 21.4. The monoisotopic (exact) mass is 441 g/mol. The molecule has 1 aliphatic carbocycles. The second-order valence-electron chi connectivity index (χ2n) is 7.78. The first-order chi connectivity index (χ1) is 15.0. The molecular weight excluding hydrogens is 414 g/mol. The van der Waals surface area contributed by atoms with Gasteiger partial charge in [-0.2, -0.15) is 0 Å². The van der Waals surface area contributed by atoms with E-state index in [1.807, 2.05) is 25.1 Å². The van der Waals surface area contributed by atoms with Gasteiger partial charge < -0.3 is 14.8 Å². The zero-order valence-electron chi connectivity index (χ0n) is 18.1. The Balaban J connectivity index is 1.46. The van der Waals surface area contributed by atoms with Gasteiger partial charge in [0.2, 0.25) is 5.91 Å². The van der Waals surface area contributed by atoms with Gasteiger partial charge in [-0.05, 0) is 56.4 Å². The van der Waals surface area contributed by atoms with E-state index >= 15 is 0 Å². The topological polar surface area (TPSA) is 82.4 Å². The van der Waals surface area contributed by atoms with Crippen molar-refractivity contribution in [3.8, 4) is 11.5 Å². The molecule has 0 fully saturated rings. The zero-order chi connectivity index (χ0) is 22.0. The first-order valence-corrected chi connectivity index (χ1v) is 11.3. The van der Waals surface area contributed by atoms with Crippen LogP contribution in [0.3, 0.4) is 0 Å². The number of rotatable bonds is 7. The van der Waals surface area contributed by atoms with Gasteiger partial charge in [-0.25, -0.2) is 4.98 Å². The fraction of sp³-hybridized carbons (Fsp3) is 0.435. The second-order valence-corrected chi connectivity index (χ2v) is 8.86. The van der Waals surface area contributed by atoms with Crippen molar-refractivity contribution in [2.24, 2.45) is 0 Å². The van der Waals surface area contributed by atoms with Crippen LogP contribution in [-0.2, 0) is 24.2 Å². The summed E-state index contributed by atoms with van der Waals surface area (Å²) in [7, 11) is 3.20. The van der Waals surface area contributed by atoms with Crippen molar-refractivity contribution < 1.29 is 14.3 Å². The Morgan fingerprint density at radius 1 is 1.26 bits per heavy atom. The number of carbonyl (C=O) groups is 1. The number of methoxy groups -OCH3 is 2. The van der Waals surface area contributed by atoms with E-state index in [0.717, 1.165) is 35.0 Å². The number of aromatic nitrogens is 2. The van der Waals surface area contributed by atoms with Crippen LogP contribution in [0.5, 0.6) is 11.5 Å². The third kappa shape index (κ3) is 4.30. The third-order valence-electron chi connectivity index (χ3n) is 5.80. The maximum absolute atomic E-state index is 13.0. The normalized spacial score (nSPS) is 14.2. The molecule has 2 aromatic heterocycles. The van der Waals surface area contributed by atoms with Gasteiger partial charge in [-0.1, -0.05) is 0 Å². The summed E-state index contributed by atoms with van der Waals surface area (Å²) < 4.78 is 12.3. The first-order valence-electron chi connectivity index (χ1n) is 10.5. The Kier molecular flexibility index (Phi) is 6.27. The SMILES string of the molecule is COc1ccc(OC)c([C@H](C)NC(=O)CCn2cnc3sc4c(c3c2=O)CCCC4)c1. The number of thiophene rings is 1. The molecule has 1 aliphatic rings. The smallest absolute Gasteiger partial charge is 0.262 e. The molecule has 0 unspecified atom stereocenters. The van der Waals surface area contributed by atoms with Crippen LogP contribution in [-0.4, -0.2) is 29.7 Å². The number of aryl methyl sites for hydroxylation is 3. The van der Waals surface area contributed by atoms with E-state index in [-0.39, 0.29) is 23.9 Å². The number of nitrogens with one attached hydrogen (secondary N) is 1. The van der Waals surface area contributed by atoms with Crippen molar-refractivity contribution in [1.82, 2.24) is 14.9 Å². The van der Waals surface area contributed by atoms with Crippen molar-refractivity contribution in [2.45, 2.75) is 51.6 Å². The number of hydrogen-bond acceptors (Lipinski definition) is 6. The molecule has 0 saturated carbocycles. The molecule has 0 saturated heterocycles. The maximum atomic E-state index is 13.0. The van der Waals surface area contributed by atoms with E-state index in [4.69, 9.17) is 9.47 Å². The molecule has 0 spiro atoms. The third-order valence-corrected chi connectivity index (χ3v) is 7.00. The minimum absolute atomic E-state index is 0.0419. The molecule has 164 valence electrons. The summed E-state index contributed by atoms with van der Waals surface area (Å²) in [6, 6.07) is 5.22. The Labute approximate surface area is 185 Å². The Bertz CT molecular complexity index is 1170. The predicted molar refractivity (Wildman–Crippen MR) is 121 cm³/mol. The molecule has 1 amide bonds.